The molecule has 0 bridgehead atoms. The van der Waals surface area contributed by atoms with E-state index in [1.165, 1.54) is 32.6 Å². The highest BCUT2D eigenvalue weighted by Crippen LogP contribution is 2.43. The van der Waals surface area contributed by atoms with E-state index in [4.69, 9.17) is 9.41 Å². The summed E-state index contributed by atoms with van der Waals surface area (Å²) in [7, 11) is 0. The Hall–Kier alpha value is -7.37. The Morgan fingerprint density at radius 3 is 1.89 bits per heavy atom. The van der Waals surface area contributed by atoms with Crippen LogP contribution in [0.4, 0.5) is 0 Å². The summed E-state index contributed by atoms with van der Waals surface area (Å²) in [6.45, 7) is 0. The zero-order chi connectivity index (χ0) is 36.0. The fourth-order valence-electron chi connectivity index (χ4n) is 8.93. The first-order valence-electron chi connectivity index (χ1n) is 18.8. The van der Waals surface area contributed by atoms with Crippen molar-refractivity contribution in [3.63, 3.8) is 0 Å². The van der Waals surface area contributed by atoms with Gasteiger partial charge in [0, 0.05) is 48.8 Å². The van der Waals surface area contributed by atoms with Crippen LogP contribution in [0, 0.1) is 0 Å². The second-order valence-electron chi connectivity index (χ2n) is 14.3. The van der Waals surface area contributed by atoms with Crippen LogP contribution in [0.15, 0.2) is 191 Å². The molecule has 0 spiro atoms. The molecule has 8 aromatic carbocycles. The molecule has 1 atom stereocenters. The smallest absolute Gasteiger partial charge is 0.159 e. The lowest BCUT2D eigenvalue weighted by Gasteiger charge is -2.23. The number of fused-ring (bicyclic) bond motifs is 11. The average Bonchev–Trinajstić information content (AvgIpc) is 3.91. The minimum absolute atomic E-state index is 0.271. The molecule has 11 aromatic rings. The summed E-state index contributed by atoms with van der Waals surface area (Å²) >= 11 is 0. The third-order valence-electron chi connectivity index (χ3n) is 11.3. The Labute approximate surface area is 315 Å². The molecular formula is C50H32N4O. The van der Waals surface area contributed by atoms with Gasteiger partial charge in [-0.15, -0.1) is 0 Å². The van der Waals surface area contributed by atoms with E-state index >= 15 is 0 Å². The summed E-state index contributed by atoms with van der Waals surface area (Å²) in [6.07, 6.45) is -0.271. The molecule has 1 unspecified atom stereocenters. The lowest BCUT2D eigenvalue weighted by molar-refractivity contribution is 0.629. The predicted octanol–water partition coefficient (Wildman–Crippen LogP) is 10.9. The number of rotatable bonds is 4. The zero-order valence-corrected chi connectivity index (χ0v) is 29.6. The van der Waals surface area contributed by atoms with E-state index in [1.54, 1.807) is 0 Å². The molecule has 0 saturated heterocycles. The zero-order valence-electron chi connectivity index (χ0n) is 29.6. The predicted molar refractivity (Wildman–Crippen MR) is 224 cm³/mol. The van der Waals surface area contributed by atoms with Crippen LogP contribution in [0.2, 0.25) is 0 Å². The quantitative estimate of drug-likeness (QED) is 0.198. The third-order valence-corrected chi connectivity index (χ3v) is 11.3. The number of hydrogen-bond donors (Lipinski definition) is 1. The first-order chi connectivity index (χ1) is 27.3. The van der Waals surface area contributed by atoms with Crippen molar-refractivity contribution >= 4 is 71.2 Å². The van der Waals surface area contributed by atoms with Crippen molar-refractivity contribution in [2.75, 3.05) is 0 Å². The average molecular weight is 705 g/mol. The van der Waals surface area contributed by atoms with Gasteiger partial charge in [0.2, 0.25) is 0 Å². The lowest BCUT2D eigenvalue weighted by atomic mass is 10.0. The van der Waals surface area contributed by atoms with Gasteiger partial charge in [-0.2, -0.15) is 0 Å². The summed E-state index contributed by atoms with van der Waals surface area (Å²) in [6, 6.07) is 64.7. The Balaban J connectivity index is 1.11. The van der Waals surface area contributed by atoms with Crippen molar-refractivity contribution in [3.05, 3.63) is 204 Å². The molecule has 0 fully saturated rings. The van der Waals surface area contributed by atoms with Crippen LogP contribution in [0.5, 0.6) is 0 Å². The Morgan fingerprint density at radius 2 is 1.11 bits per heavy atom. The van der Waals surface area contributed by atoms with Gasteiger partial charge in [-0.25, -0.2) is 0 Å². The molecule has 0 aliphatic carbocycles. The summed E-state index contributed by atoms with van der Waals surface area (Å²) in [5.41, 5.74) is 11.7. The number of benzene rings is 8. The number of hydrogen-bond acceptors (Lipinski definition) is 3. The molecule has 55 heavy (non-hydrogen) atoms. The third kappa shape index (κ3) is 4.38. The minimum atomic E-state index is -0.271. The largest absolute Gasteiger partial charge is 0.454 e. The summed E-state index contributed by atoms with van der Waals surface area (Å²) in [5.74, 6) is 0. The maximum Gasteiger partial charge on any atom is 0.159 e. The molecule has 5 heteroatoms. The molecule has 0 amide bonds. The van der Waals surface area contributed by atoms with E-state index in [-0.39, 0.29) is 6.17 Å². The van der Waals surface area contributed by atoms with E-state index in [0.717, 1.165) is 71.7 Å². The summed E-state index contributed by atoms with van der Waals surface area (Å²) < 4.78 is 11.8. The van der Waals surface area contributed by atoms with Crippen molar-refractivity contribution in [1.29, 1.82) is 0 Å². The standard InChI is InChI=1S/C50H32N4O/c1-3-14-31(15-4-1)46-40-20-7-10-22-41(40)51-50(52-46)32-26-27-36-39-21-13-25-44(49(39)55-45(36)30-32)54-43-24-12-9-19-35(43)38-29-28-37-34-18-8-11-23-42(34)53(47(37)48(38)54)33-16-5-2-6-17-33/h1-30,50,52H. The molecule has 0 saturated carbocycles. The van der Waals surface area contributed by atoms with Crippen LogP contribution in [-0.2, 0) is 0 Å². The Morgan fingerprint density at radius 1 is 0.491 bits per heavy atom. The van der Waals surface area contributed by atoms with Gasteiger partial charge in [0.05, 0.1) is 38.8 Å². The number of nitrogens with zero attached hydrogens (tertiary/aromatic N) is 3. The van der Waals surface area contributed by atoms with Gasteiger partial charge in [0.1, 0.15) is 11.7 Å². The molecule has 1 aliphatic heterocycles. The fourth-order valence-corrected chi connectivity index (χ4v) is 8.93. The van der Waals surface area contributed by atoms with E-state index in [1.807, 2.05) is 0 Å². The molecule has 1 N–H and O–H groups in total. The van der Waals surface area contributed by atoms with Crippen molar-refractivity contribution in [1.82, 2.24) is 14.5 Å². The van der Waals surface area contributed by atoms with Gasteiger partial charge in [0.15, 0.2) is 5.58 Å². The monoisotopic (exact) mass is 704 g/mol. The lowest BCUT2D eigenvalue weighted by Crippen LogP contribution is -2.39. The molecule has 12 rings (SSSR count). The van der Waals surface area contributed by atoms with Crippen LogP contribution in [-0.4, -0.2) is 9.13 Å². The normalized spacial score (nSPS) is 14.3. The summed E-state index contributed by atoms with van der Waals surface area (Å²) in [5, 5.41) is 12.9. The van der Waals surface area contributed by atoms with Crippen molar-refractivity contribution in [2.45, 2.75) is 6.17 Å². The van der Waals surface area contributed by atoms with Gasteiger partial charge >= 0.3 is 0 Å². The van der Waals surface area contributed by atoms with Gasteiger partial charge in [0.25, 0.3) is 0 Å². The number of nitrogens with one attached hydrogen (secondary N) is 1. The number of para-hydroxylation sites is 5. The van der Waals surface area contributed by atoms with Crippen molar-refractivity contribution < 1.29 is 4.42 Å². The highest BCUT2D eigenvalue weighted by molar-refractivity contribution is 6.24. The van der Waals surface area contributed by atoms with Gasteiger partial charge in [-0.3, -0.25) is 4.99 Å². The Bertz CT molecular complexity index is 3460. The van der Waals surface area contributed by atoms with Crippen LogP contribution >= 0.6 is 0 Å². The number of aromatic nitrogens is 2. The van der Waals surface area contributed by atoms with Gasteiger partial charge < -0.3 is 18.9 Å². The maximum absolute atomic E-state index is 7.00. The van der Waals surface area contributed by atoms with Crippen molar-refractivity contribution in [2.24, 2.45) is 4.99 Å². The first-order valence-corrected chi connectivity index (χ1v) is 18.8. The molecule has 1 aliphatic rings. The van der Waals surface area contributed by atoms with Crippen LogP contribution < -0.4 is 15.9 Å². The van der Waals surface area contributed by atoms with Crippen LogP contribution in [0.25, 0.3) is 82.6 Å². The van der Waals surface area contributed by atoms with Crippen molar-refractivity contribution in [3.8, 4) is 11.4 Å². The second kappa shape index (κ2) is 11.6. The molecule has 3 aromatic heterocycles. The minimum Gasteiger partial charge on any atom is -0.454 e. The maximum atomic E-state index is 7.00. The van der Waals surface area contributed by atoms with Gasteiger partial charge in [-0.05, 0) is 48.0 Å². The van der Waals surface area contributed by atoms with E-state index < -0.39 is 0 Å². The molecular weight excluding hydrogens is 673 g/mol. The van der Waals surface area contributed by atoms with Gasteiger partial charge in [-0.1, -0.05) is 140 Å². The van der Waals surface area contributed by atoms with E-state index in [9.17, 15) is 0 Å². The van der Waals surface area contributed by atoms with E-state index in [0.29, 0.717) is 0 Å². The van der Waals surface area contributed by atoms with E-state index in [2.05, 4.69) is 196 Å². The second-order valence-corrected chi connectivity index (χ2v) is 14.3. The summed E-state index contributed by atoms with van der Waals surface area (Å²) in [4.78, 5) is 5.18. The molecule has 5 nitrogen and oxygen atoms in total. The molecule has 4 heterocycles. The fraction of sp³-hybridized carbons (Fsp3) is 0.0200. The highest BCUT2D eigenvalue weighted by Gasteiger charge is 2.24. The first kappa shape index (κ1) is 30.1. The number of furan rings is 1. The SMILES string of the molecule is c1ccc(C2=c3ccccc3=NC(c3ccc4c(c3)oc3c(-n5c6ccccc6c6ccc7c8ccccc8n(-c8ccccc8)c7c65)cccc34)N2)cc1. The molecule has 0 radical (unpaired) electrons. The molecule has 258 valence electrons. The Kier molecular flexibility index (Phi) is 6.33. The van der Waals surface area contributed by atoms with Crippen LogP contribution in [0.3, 0.4) is 0 Å². The highest BCUT2D eigenvalue weighted by atomic mass is 16.3. The topological polar surface area (TPSA) is 47.4 Å². The van der Waals surface area contributed by atoms with Crippen LogP contribution in [0.1, 0.15) is 17.3 Å².